The summed E-state index contributed by atoms with van der Waals surface area (Å²) in [5, 5.41) is 6.90. The van der Waals surface area contributed by atoms with Gasteiger partial charge >= 0.3 is 0 Å². The summed E-state index contributed by atoms with van der Waals surface area (Å²) in [6.07, 6.45) is 1.61. The van der Waals surface area contributed by atoms with Gasteiger partial charge < -0.3 is 10.1 Å². The molecule has 7 heteroatoms. The molecule has 0 atom stereocenters. The fraction of sp³-hybridized carbons (Fsp3) is 0.111. The molecule has 2 aromatic carbocycles. The lowest BCUT2D eigenvalue weighted by atomic mass is 10.3. The molecule has 128 valence electrons. The van der Waals surface area contributed by atoms with Crippen LogP contribution in [0.15, 0.2) is 65.3 Å². The molecule has 0 spiro atoms. The van der Waals surface area contributed by atoms with Crippen LogP contribution in [-0.4, -0.2) is 28.8 Å². The van der Waals surface area contributed by atoms with Crippen molar-refractivity contribution in [3.8, 4) is 11.4 Å². The number of carbonyl (C=O) groups is 1. The molecule has 0 fully saturated rings. The van der Waals surface area contributed by atoms with Crippen molar-refractivity contribution < 1.29 is 13.9 Å². The number of carbonyl (C=O) groups excluding carboxylic acids is 1. The molecule has 5 nitrogen and oxygen atoms in total. The number of hydrogen-bond acceptors (Lipinski definition) is 3. The molecule has 1 heterocycles. The highest BCUT2D eigenvalue weighted by Gasteiger charge is 2.10. The zero-order valence-electron chi connectivity index (χ0n) is 13.2. The molecule has 0 aliphatic carbocycles. The second-order valence-electron chi connectivity index (χ2n) is 5.19. The molecule has 0 saturated heterocycles. The first-order chi connectivity index (χ1) is 12.1. The van der Waals surface area contributed by atoms with E-state index in [0.29, 0.717) is 18.8 Å². The van der Waals surface area contributed by atoms with Crippen molar-refractivity contribution in [3.63, 3.8) is 0 Å². The van der Waals surface area contributed by atoms with Crippen LogP contribution < -0.4 is 10.1 Å². The third kappa shape index (κ3) is 4.67. The van der Waals surface area contributed by atoms with Crippen LogP contribution in [0.1, 0.15) is 10.5 Å². The highest BCUT2D eigenvalue weighted by Crippen LogP contribution is 2.17. The normalized spacial score (nSPS) is 10.5. The second-order valence-corrected chi connectivity index (χ2v) is 6.10. The Morgan fingerprint density at radius 1 is 1.20 bits per heavy atom. The third-order valence-electron chi connectivity index (χ3n) is 3.35. The number of hydrogen-bond donors (Lipinski definition) is 1. The number of rotatable bonds is 6. The van der Waals surface area contributed by atoms with Crippen LogP contribution in [0.4, 0.5) is 4.39 Å². The van der Waals surface area contributed by atoms with Crippen molar-refractivity contribution in [3.05, 3.63) is 76.8 Å². The monoisotopic (exact) mass is 403 g/mol. The van der Waals surface area contributed by atoms with Crippen LogP contribution in [0, 0.1) is 5.82 Å². The van der Waals surface area contributed by atoms with Gasteiger partial charge in [0.2, 0.25) is 0 Å². The Kier molecular flexibility index (Phi) is 5.45. The molecule has 25 heavy (non-hydrogen) atoms. The summed E-state index contributed by atoms with van der Waals surface area (Å²) < 4.78 is 21.2. The van der Waals surface area contributed by atoms with Crippen molar-refractivity contribution >= 4 is 21.8 Å². The fourth-order valence-electron chi connectivity index (χ4n) is 2.19. The highest BCUT2D eigenvalue weighted by molar-refractivity contribution is 9.10. The van der Waals surface area contributed by atoms with Crippen molar-refractivity contribution in [2.45, 2.75) is 0 Å². The van der Waals surface area contributed by atoms with Crippen LogP contribution >= 0.6 is 15.9 Å². The molecule has 0 aliphatic heterocycles. The molecule has 0 aliphatic rings. The topological polar surface area (TPSA) is 56.1 Å². The van der Waals surface area contributed by atoms with E-state index >= 15 is 0 Å². The average molecular weight is 404 g/mol. The summed E-state index contributed by atoms with van der Waals surface area (Å²) >= 11 is 3.37. The molecule has 1 N–H and O–H groups in total. The summed E-state index contributed by atoms with van der Waals surface area (Å²) in [6, 6.07) is 15.0. The third-order valence-corrected chi connectivity index (χ3v) is 3.84. The van der Waals surface area contributed by atoms with E-state index < -0.39 is 0 Å². The van der Waals surface area contributed by atoms with Crippen LogP contribution in [0.2, 0.25) is 0 Å². The van der Waals surface area contributed by atoms with Gasteiger partial charge in [0.1, 0.15) is 18.2 Å². The summed E-state index contributed by atoms with van der Waals surface area (Å²) in [5.41, 5.74) is 0.809. The lowest BCUT2D eigenvalue weighted by Gasteiger charge is -2.07. The van der Waals surface area contributed by atoms with E-state index in [9.17, 15) is 9.18 Å². The Balaban J connectivity index is 1.52. The first kappa shape index (κ1) is 17.2. The molecule has 1 amide bonds. The Labute approximate surface area is 152 Å². The van der Waals surface area contributed by atoms with E-state index in [0.717, 1.165) is 10.2 Å². The van der Waals surface area contributed by atoms with Crippen molar-refractivity contribution in [2.24, 2.45) is 0 Å². The molecular weight excluding hydrogens is 389 g/mol. The minimum absolute atomic E-state index is 0.256. The summed E-state index contributed by atoms with van der Waals surface area (Å²) in [4.78, 5) is 12.1. The number of amides is 1. The average Bonchev–Trinajstić information content (AvgIpc) is 3.09. The first-order valence-corrected chi connectivity index (χ1v) is 8.39. The number of nitrogens with one attached hydrogen (secondary N) is 1. The van der Waals surface area contributed by atoms with Gasteiger partial charge in [-0.3, -0.25) is 4.79 Å². The maximum atomic E-state index is 13.3. The lowest BCUT2D eigenvalue weighted by Crippen LogP contribution is -2.28. The smallest absolute Gasteiger partial charge is 0.271 e. The minimum atomic E-state index is -0.358. The minimum Gasteiger partial charge on any atom is -0.492 e. The standard InChI is InChI=1S/C18H15BrFN3O2/c19-13-3-1-6-16(11-13)25-10-8-21-18(24)17-7-9-23(22-17)15-5-2-4-14(20)12-15/h1-7,9,11-12H,8,10H2,(H,21,24). The molecular formula is C18H15BrFN3O2. The van der Waals surface area contributed by atoms with E-state index in [2.05, 4.69) is 26.3 Å². The number of aromatic nitrogens is 2. The van der Waals surface area contributed by atoms with Gasteiger partial charge in [-0.1, -0.05) is 28.1 Å². The van der Waals surface area contributed by atoms with Gasteiger partial charge in [0.15, 0.2) is 5.69 Å². The highest BCUT2D eigenvalue weighted by atomic mass is 79.9. The molecule has 3 rings (SSSR count). The second kappa shape index (κ2) is 7.94. The van der Waals surface area contributed by atoms with Crippen molar-refractivity contribution in [2.75, 3.05) is 13.2 Å². The predicted octanol–water partition coefficient (Wildman–Crippen LogP) is 3.58. The molecule has 0 bridgehead atoms. The Morgan fingerprint density at radius 3 is 2.84 bits per heavy atom. The SMILES string of the molecule is O=C(NCCOc1cccc(Br)c1)c1ccn(-c2cccc(F)c2)n1. The number of ether oxygens (including phenoxy) is 1. The van der Waals surface area contributed by atoms with Gasteiger partial charge in [-0.05, 0) is 42.5 Å². The molecule has 3 aromatic rings. The molecule has 0 saturated carbocycles. The van der Waals surface area contributed by atoms with Crippen LogP contribution in [0.3, 0.4) is 0 Å². The molecule has 0 unspecified atom stereocenters. The summed E-state index contributed by atoms with van der Waals surface area (Å²) in [5.74, 6) is 0.0516. The number of benzene rings is 2. The number of halogens is 2. The molecule has 1 aromatic heterocycles. The van der Waals surface area contributed by atoms with E-state index in [1.807, 2.05) is 24.3 Å². The first-order valence-electron chi connectivity index (χ1n) is 7.60. The predicted molar refractivity (Wildman–Crippen MR) is 95.5 cm³/mol. The van der Waals surface area contributed by atoms with E-state index in [1.54, 1.807) is 24.4 Å². The van der Waals surface area contributed by atoms with Gasteiger partial charge in [-0.15, -0.1) is 0 Å². The fourth-order valence-corrected chi connectivity index (χ4v) is 2.57. The maximum absolute atomic E-state index is 13.3. The van der Waals surface area contributed by atoms with Gasteiger partial charge in [0, 0.05) is 10.7 Å². The van der Waals surface area contributed by atoms with E-state index in [1.165, 1.54) is 16.8 Å². The van der Waals surface area contributed by atoms with E-state index in [-0.39, 0.29) is 17.4 Å². The Hall–Kier alpha value is -2.67. The van der Waals surface area contributed by atoms with Gasteiger partial charge in [-0.25, -0.2) is 9.07 Å². The zero-order valence-corrected chi connectivity index (χ0v) is 14.7. The Morgan fingerprint density at radius 2 is 2.04 bits per heavy atom. The van der Waals surface area contributed by atoms with E-state index in [4.69, 9.17) is 4.74 Å². The molecule has 0 radical (unpaired) electrons. The van der Waals surface area contributed by atoms with Gasteiger partial charge in [-0.2, -0.15) is 5.10 Å². The zero-order chi connectivity index (χ0) is 17.6. The Bertz CT molecular complexity index is 882. The van der Waals surface area contributed by atoms with Gasteiger partial charge in [0.25, 0.3) is 5.91 Å². The van der Waals surface area contributed by atoms with Crippen molar-refractivity contribution in [1.82, 2.24) is 15.1 Å². The van der Waals surface area contributed by atoms with Crippen LogP contribution in [0.25, 0.3) is 5.69 Å². The summed E-state index contributed by atoms with van der Waals surface area (Å²) in [6.45, 7) is 0.685. The summed E-state index contributed by atoms with van der Waals surface area (Å²) in [7, 11) is 0. The largest absolute Gasteiger partial charge is 0.492 e. The lowest BCUT2D eigenvalue weighted by molar-refractivity contribution is 0.0941. The van der Waals surface area contributed by atoms with Crippen LogP contribution in [0.5, 0.6) is 5.75 Å². The van der Waals surface area contributed by atoms with Crippen LogP contribution in [-0.2, 0) is 0 Å². The number of nitrogens with zero attached hydrogens (tertiary/aromatic N) is 2. The quantitative estimate of drug-likeness (QED) is 0.639. The maximum Gasteiger partial charge on any atom is 0.271 e. The van der Waals surface area contributed by atoms with Crippen molar-refractivity contribution in [1.29, 1.82) is 0 Å². The van der Waals surface area contributed by atoms with Gasteiger partial charge in [0.05, 0.1) is 12.2 Å².